The summed E-state index contributed by atoms with van der Waals surface area (Å²) >= 11 is 1.84. The minimum atomic E-state index is 0.414. The van der Waals surface area contributed by atoms with Crippen LogP contribution in [-0.2, 0) is 6.54 Å². The molecule has 1 aliphatic heterocycles. The van der Waals surface area contributed by atoms with Gasteiger partial charge in [0.2, 0.25) is 0 Å². The summed E-state index contributed by atoms with van der Waals surface area (Å²) in [5.74, 6) is 0.825. The predicted octanol–water partition coefficient (Wildman–Crippen LogP) is 2.95. The van der Waals surface area contributed by atoms with Crippen molar-refractivity contribution in [2.45, 2.75) is 32.4 Å². The standard InChI is InChI=1S/C19H27N5S/c1-15-7-5-9-21-16(15)13-22-19(20-2)23-14-17(18-8-6-12-25-18)24-10-3-4-11-24/h5-9,12,17H,3-4,10-11,13-14H2,1-2H3,(H2,20,22,23). The Morgan fingerprint density at radius 3 is 2.80 bits per heavy atom. The molecule has 0 amide bonds. The molecule has 134 valence electrons. The van der Waals surface area contributed by atoms with E-state index in [2.05, 4.69) is 56.0 Å². The van der Waals surface area contributed by atoms with Gasteiger partial charge in [-0.05, 0) is 55.9 Å². The van der Waals surface area contributed by atoms with E-state index < -0.39 is 0 Å². The highest BCUT2D eigenvalue weighted by molar-refractivity contribution is 7.10. The zero-order chi connectivity index (χ0) is 17.5. The van der Waals surface area contributed by atoms with Gasteiger partial charge in [0.1, 0.15) is 0 Å². The molecule has 0 radical (unpaired) electrons. The summed E-state index contributed by atoms with van der Waals surface area (Å²) in [6, 6.07) is 8.84. The van der Waals surface area contributed by atoms with Crippen LogP contribution >= 0.6 is 11.3 Å². The van der Waals surface area contributed by atoms with E-state index in [1.165, 1.54) is 36.4 Å². The molecule has 3 rings (SSSR count). The van der Waals surface area contributed by atoms with E-state index in [1.807, 2.05) is 30.6 Å². The third-order valence-electron chi connectivity index (χ3n) is 4.68. The van der Waals surface area contributed by atoms with Crippen molar-refractivity contribution in [3.63, 3.8) is 0 Å². The lowest BCUT2D eigenvalue weighted by Crippen LogP contribution is -2.42. The van der Waals surface area contributed by atoms with Gasteiger partial charge in [0.05, 0.1) is 18.3 Å². The van der Waals surface area contributed by atoms with Crippen LogP contribution in [0.3, 0.4) is 0 Å². The highest BCUT2D eigenvalue weighted by atomic mass is 32.1. The molecule has 2 aromatic rings. The lowest BCUT2D eigenvalue weighted by molar-refractivity contribution is 0.249. The molecule has 1 atom stereocenters. The van der Waals surface area contributed by atoms with Crippen molar-refractivity contribution >= 4 is 17.3 Å². The summed E-state index contributed by atoms with van der Waals surface area (Å²) in [6.45, 7) is 5.99. The summed E-state index contributed by atoms with van der Waals surface area (Å²) in [5, 5.41) is 9.04. The third-order valence-corrected chi connectivity index (χ3v) is 5.65. The molecule has 1 saturated heterocycles. The van der Waals surface area contributed by atoms with Crippen LogP contribution in [0.1, 0.15) is 35.0 Å². The molecular weight excluding hydrogens is 330 g/mol. The quantitative estimate of drug-likeness (QED) is 0.616. The first-order chi connectivity index (χ1) is 12.3. The number of nitrogens with one attached hydrogen (secondary N) is 2. The Hall–Kier alpha value is -1.92. The van der Waals surface area contributed by atoms with E-state index in [0.29, 0.717) is 12.6 Å². The Bertz CT molecular complexity index is 677. The van der Waals surface area contributed by atoms with Crippen LogP contribution in [0.2, 0.25) is 0 Å². The second-order valence-electron chi connectivity index (χ2n) is 6.35. The highest BCUT2D eigenvalue weighted by Crippen LogP contribution is 2.27. The molecule has 0 aromatic carbocycles. The number of hydrogen-bond donors (Lipinski definition) is 2. The first-order valence-electron chi connectivity index (χ1n) is 8.90. The van der Waals surface area contributed by atoms with Gasteiger partial charge in [-0.25, -0.2) is 0 Å². The summed E-state index contributed by atoms with van der Waals surface area (Å²) in [7, 11) is 1.82. The number of thiophene rings is 1. The van der Waals surface area contributed by atoms with Gasteiger partial charge >= 0.3 is 0 Å². The van der Waals surface area contributed by atoms with E-state index >= 15 is 0 Å². The van der Waals surface area contributed by atoms with Crippen LogP contribution in [0.4, 0.5) is 0 Å². The predicted molar refractivity (Wildman–Crippen MR) is 105 cm³/mol. The van der Waals surface area contributed by atoms with Crippen LogP contribution in [0.5, 0.6) is 0 Å². The van der Waals surface area contributed by atoms with Gasteiger partial charge in [-0.1, -0.05) is 12.1 Å². The number of nitrogens with zero attached hydrogens (tertiary/aromatic N) is 3. The number of aryl methyl sites for hydroxylation is 1. The molecule has 0 spiro atoms. The summed E-state index contributed by atoms with van der Waals surface area (Å²) in [5.41, 5.74) is 2.25. The van der Waals surface area contributed by atoms with E-state index in [1.54, 1.807) is 0 Å². The van der Waals surface area contributed by atoms with Crippen LogP contribution in [-0.4, -0.2) is 42.5 Å². The topological polar surface area (TPSA) is 52.6 Å². The molecular formula is C19H27N5S. The minimum absolute atomic E-state index is 0.414. The lowest BCUT2D eigenvalue weighted by atomic mass is 10.2. The minimum Gasteiger partial charge on any atom is -0.354 e. The van der Waals surface area contributed by atoms with Gasteiger partial charge in [0, 0.05) is 24.7 Å². The maximum absolute atomic E-state index is 4.43. The van der Waals surface area contributed by atoms with Gasteiger partial charge in [-0.3, -0.25) is 14.9 Å². The summed E-state index contributed by atoms with van der Waals surface area (Å²) in [6.07, 6.45) is 4.43. The number of likely N-dealkylation sites (tertiary alicyclic amines) is 1. The number of aromatic nitrogens is 1. The number of guanidine groups is 1. The van der Waals surface area contributed by atoms with Crippen LogP contribution < -0.4 is 10.6 Å². The molecule has 1 aliphatic rings. The van der Waals surface area contributed by atoms with Gasteiger partial charge in [0.15, 0.2) is 5.96 Å². The smallest absolute Gasteiger partial charge is 0.191 e. The van der Waals surface area contributed by atoms with E-state index in [4.69, 9.17) is 0 Å². The summed E-state index contributed by atoms with van der Waals surface area (Å²) in [4.78, 5) is 12.8. The van der Waals surface area contributed by atoms with Gasteiger partial charge in [0.25, 0.3) is 0 Å². The maximum atomic E-state index is 4.43. The fourth-order valence-electron chi connectivity index (χ4n) is 3.23. The molecule has 6 heteroatoms. The molecule has 5 nitrogen and oxygen atoms in total. The van der Waals surface area contributed by atoms with Crippen molar-refractivity contribution in [2.75, 3.05) is 26.7 Å². The number of hydrogen-bond acceptors (Lipinski definition) is 4. The van der Waals surface area contributed by atoms with Crippen LogP contribution in [0.25, 0.3) is 0 Å². The molecule has 2 N–H and O–H groups in total. The van der Waals surface area contributed by atoms with Gasteiger partial charge < -0.3 is 10.6 Å². The van der Waals surface area contributed by atoms with Crippen molar-refractivity contribution in [1.82, 2.24) is 20.5 Å². The Balaban J connectivity index is 1.58. The molecule has 3 heterocycles. The fraction of sp³-hybridized carbons (Fsp3) is 0.474. The van der Waals surface area contributed by atoms with E-state index in [0.717, 1.165) is 18.2 Å². The number of rotatable bonds is 6. The zero-order valence-electron chi connectivity index (χ0n) is 15.0. The molecule has 0 aliphatic carbocycles. The molecule has 1 fully saturated rings. The molecule has 0 saturated carbocycles. The second-order valence-corrected chi connectivity index (χ2v) is 7.33. The Morgan fingerprint density at radius 2 is 2.12 bits per heavy atom. The van der Waals surface area contributed by atoms with Crippen molar-refractivity contribution in [3.05, 3.63) is 52.0 Å². The van der Waals surface area contributed by atoms with Gasteiger partial charge in [-0.15, -0.1) is 11.3 Å². The first kappa shape index (κ1) is 17.9. The van der Waals surface area contributed by atoms with E-state index in [-0.39, 0.29) is 0 Å². The summed E-state index contributed by atoms with van der Waals surface area (Å²) < 4.78 is 0. The highest BCUT2D eigenvalue weighted by Gasteiger charge is 2.24. The Morgan fingerprint density at radius 1 is 1.28 bits per heavy atom. The molecule has 2 aromatic heterocycles. The zero-order valence-corrected chi connectivity index (χ0v) is 15.9. The average molecular weight is 358 g/mol. The lowest BCUT2D eigenvalue weighted by Gasteiger charge is -2.27. The largest absolute Gasteiger partial charge is 0.354 e. The SMILES string of the molecule is CN=C(NCc1ncccc1C)NCC(c1cccs1)N1CCCC1. The molecule has 25 heavy (non-hydrogen) atoms. The Kier molecular flexibility index (Phi) is 6.42. The Labute approximate surface area is 154 Å². The van der Waals surface area contributed by atoms with Crippen molar-refractivity contribution in [1.29, 1.82) is 0 Å². The first-order valence-corrected chi connectivity index (χ1v) is 9.78. The second kappa shape index (κ2) is 8.97. The van der Waals surface area contributed by atoms with Crippen molar-refractivity contribution < 1.29 is 0 Å². The van der Waals surface area contributed by atoms with Crippen molar-refractivity contribution in [3.8, 4) is 0 Å². The fourth-order valence-corrected chi connectivity index (χ4v) is 4.09. The number of pyridine rings is 1. The van der Waals surface area contributed by atoms with E-state index in [9.17, 15) is 0 Å². The van der Waals surface area contributed by atoms with Crippen LogP contribution in [0.15, 0.2) is 40.8 Å². The van der Waals surface area contributed by atoms with Crippen molar-refractivity contribution in [2.24, 2.45) is 4.99 Å². The van der Waals surface area contributed by atoms with Gasteiger partial charge in [-0.2, -0.15) is 0 Å². The molecule has 1 unspecified atom stereocenters. The maximum Gasteiger partial charge on any atom is 0.191 e. The van der Waals surface area contributed by atoms with Crippen LogP contribution in [0, 0.1) is 6.92 Å². The average Bonchev–Trinajstić information content (AvgIpc) is 3.33. The monoisotopic (exact) mass is 357 g/mol. The molecule has 0 bridgehead atoms. The normalized spacial score (nSPS) is 16.8. The third kappa shape index (κ3) is 4.80. The number of aliphatic imine (C=N–C) groups is 1.